The molecule has 0 saturated carbocycles. The zero-order valence-electron chi connectivity index (χ0n) is 19.8. The zero-order chi connectivity index (χ0) is 26.0. The Hall–Kier alpha value is -3.66. The first-order valence-electron chi connectivity index (χ1n) is 11.7. The standard InChI is InChI=1S/C25H25FN5O5P/c1-16-19(12-13-37(33,34)36-18-10-6-3-7-11-18)35-25(20(16)26)31-15-29-21-22(27-14-28-23(21)31)30-24(32)17-8-4-2-5-9-17/h2-11,14-16,19-20,25H,12-13H2,1H3,(H,33,34)(H,27,28,30,32). The number of nitrogens with zero attached hydrogens (tertiary/aromatic N) is 4. The van der Waals surface area contributed by atoms with Gasteiger partial charge in [0.1, 0.15) is 12.1 Å². The van der Waals surface area contributed by atoms with Crippen LogP contribution in [0.2, 0.25) is 0 Å². The molecule has 1 fully saturated rings. The van der Waals surface area contributed by atoms with E-state index in [2.05, 4.69) is 20.3 Å². The van der Waals surface area contributed by atoms with Crippen molar-refractivity contribution in [1.29, 1.82) is 0 Å². The molecular formula is C25H25FN5O5P. The van der Waals surface area contributed by atoms with Crippen LogP contribution in [0.3, 0.4) is 0 Å². The highest BCUT2D eigenvalue weighted by atomic mass is 31.2. The molecule has 37 heavy (non-hydrogen) atoms. The van der Waals surface area contributed by atoms with Crippen LogP contribution in [0.15, 0.2) is 73.3 Å². The molecule has 5 atom stereocenters. The molecular weight excluding hydrogens is 500 g/mol. The number of fused-ring (bicyclic) bond motifs is 1. The lowest BCUT2D eigenvalue weighted by Crippen LogP contribution is -2.21. The number of para-hydroxylation sites is 1. The van der Waals surface area contributed by atoms with Crippen LogP contribution >= 0.6 is 7.60 Å². The predicted molar refractivity (Wildman–Crippen MR) is 134 cm³/mol. The maximum atomic E-state index is 15.4. The smallest absolute Gasteiger partial charge is 0.376 e. The number of amides is 1. The average Bonchev–Trinajstić information content (AvgIpc) is 3.45. The van der Waals surface area contributed by atoms with Crippen molar-refractivity contribution >= 4 is 30.5 Å². The molecule has 1 aliphatic rings. The largest absolute Gasteiger partial charge is 0.424 e. The van der Waals surface area contributed by atoms with E-state index in [1.807, 2.05) is 0 Å². The van der Waals surface area contributed by atoms with Crippen LogP contribution in [0, 0.1) is 5.92 Å². The lowest BCUT2D eigenvalue weighted by atomic mass is 10.00. The maximum Gasteiger partial charge on any atom is 0.376 e. The van der Waals surface area contributed by atoms with E-state index in [1.165, 1.54) is 17.2 Å². The Balaban J connectivity index is 1.30. The fourth-order valence-electron chi connectivity index (χ4n) is 4.27. The lowest BCUT2D eigenvalue weighted by molar-refractivity contribution is -0.0186. The van der Waals surface area contributed by atoms with E-state index < -0.39 is 32.0 Å². The molecule has 0 aliphatic carbocycles. The van der Waals surface area contributed by atoms with Crippen molar-refractivity contribution in [3.8, 4) is 5.75 Å². The maximum absolute atomic E-state index is 15.4. The van der Waals surface area contributed by atoms with Gasteiger partial charge in [-0.3, -0.25) is 9.36 Å². The van der Waals surface area contributed by atoms with Gasteiger partial charge in [-0.15, -0.1) is 0 Å². The Morgan fingerprint density at radius 1 is 1.14 bits per heavy atom. The normalized spacial score (nSPS) is 23.0. The van der Waals surface area contributed by atoms with Crippen molar-refractivity contribution in [1.82, 2.24) is 19.5 Å². The zero-order valence-corrected chi connectivity index (χ0v) is 20.7. The third kappa shape index (κ3) is 5.39. The number of anilines is 1. The third-order valence-electron chi connectivity index (χ3n) is 6.26. The molecule has 12 heteroatoms. The van der Waals surface area contributed by atoms with Crippen molar-refractivity contribution in [2.75, 3.05) is 11.5 Å². The summed E-state index contributed by atoms with van der Waals surface area (Å²) < 4.78 is 40.6. The van der Waals surface area contributed by atoms with Crippen LogP contribution in [0.25, 0.3) is 11.2 Å². The van der Waals surface area contributed by atoms with E-state index in [1.54, 1.807) is 67.6 Å². The monoisotopic (exact) mass is 525 g/mol. The van der Waals surface area contributed by atoms with Gasteiger partial charge in [0.15, 0.2) is 29.4 Å². The quantitative estimate of drug-likeness (QED) is 0.319. The Labute approximate surface area is 212 Å². The number of carbonyl (C=O) groups is 1. The van der Waals surface area contributed by atoms with Gasteiger partial charge in [-0.2, -0.15) is 0 Å². The van der Waals surface area contributed by atoms with E-state index in [-0.39, 0.29) is 35.6 Å². The van der Waals surface area contributed by atoms with Gasteiger partial charge in [0.2, 0.25) is 0 Å². The molecule has 2 N–H and O–H groups in total. The van der Waals surface area contributed by atoms with Gasteiger partial charge >= 0.3 is 7.60 Å². The van der Waals surface area contributed by atoms with Gasteiger partial charge < -0.3 is 19.5 Å². The number of carbonyl (C=O) groups excluding carboxylic acids is 1. The van der Waals surface area contributed by atoms with Crippen molar-refractivity contribution < 1.29 is 27.9 Å². The highest BCUT2D eigenvalue weighted by Gasteiger charge is 2.44. The van der Waals surface area contributed by atoms with Crippen LogP contribution in [0.4, 0.5) is 10.2 Å². The molecule has 3 heterocycles. The topological polar surface area (TPSA) is 128 Å². The van der Waals surface area contributed by atoms with Crippen LogP contribution in [0.1, 0.15) is 29.9 Å². The minimum atomic E-state index is -3.96. The Kier molecular flexibility index (Phi) is 7.01. The summed E-state index contributed by atoms with van der Waals surface area (Å²) in [6.45, 7) is 1.69. The van der Waals surface area contributed by atoms with Gasteiger partial charge in [0.05, 0.1) is 18.6 Å². The fourth-order valence-corrected chi connectivity index (χ4v) is 5.40. The number of ether oxygens (including phenoxy) is 1. The second-order valence-corrected chi connectivity index (χ2v) is 10.7. The number of imidazole rings is 1. The summed E-state index contributed by atoms with van der Waals surface area (Å²) in [5.41, 5.74) is 1.03. The van der Waals surface area contributed by atoms with E-state index in [0.717, 1.165) is 0 Å². The van der Waals surface area contributed by atoms with Crippen molar-refractivity contribution in [2.24, 2.45) is 5.92 Å². The first-order valence-corrected chi connectivity index (χ1v) is 13.5. The number of benzene rings is 2. The van der Waals surface area contributed by atoms with Crippen molar-refractivity contribution in [3.05, 3.63) is 78.9 Å². The predicted octanol–water partition coefficient (Wildman–Crippen LogP) is 4.60. The molecule has 1 aliphatic heterocycles. The van der Waals surface area contributed by atoms with Crippen LogP contribution in [0.5, 0.6) is 5.75 Å². The molecule has 4 aromatic rings. The number of hydrogen-bond donors (Lipinski definition) is 2. The first-order chi connectivity index (χ1) is 17.8. The van der Waals surface area contributed by atoms with E-state index >= 15 is 4.39 Å². The Morgan fingerprint density at radius 3 is 2.57 bits per heavy atom. The highest BCUT2D eigenvalue weighted by molar-refractivity contribution is 7.53. The van der Waals surface area contributed by atoms with Gasteiger partial charge in [0.25, 0.3) is 5.91 Å². The SMILES string of the molecule is CC1C(CCP(=O)(O)Oc2ccccc2)OC(n2cnc3c(NC(=O)c4ccccc4)ncnc32)C1F. The summed E-state index contributed by atoms with van der Waals surface area (Å²) in [5.74, 6) is -0.446. The highest BCUT2D eigenvalue weighted by Crippen LogP contribution is 2.46. The first kappa shape index (κ1) is 25.0. The summed E-state index contributed by atoms with van der Waals surface area (Å²) in [7, 11) is -3.96. The summed E-state index contributed by atoms with van der Waals surface area (Å²) in [6.07, 6.45) is -0.528. The molecule has 192 valence electrons. The van der Waals surface area contributed by atoms with Crippen LogP contribution in [-0.2, 0) is 9.30 Å². The number of hydrogen-bond acceptors (Lipinski definition) is 7. The van der Waals surface area contributed by atoms with Gasteiger partial charge in [-0.25, -0.2) is 23.9 Å². The molecule has 0 spiro atoms. The van der Waals surface area contributed by atoms with Crippen molar-refractivity contribution in [3.63, 3.8) is 0 Å². The Morgan fingerprint density at radius 2 is 1.84 bits per heavy atom. The third-order valence-corrected chi connectivity index (χ3v) is 7.58. The molecule has 2 aromatic heterocycles. The van der Waals surface area contributed by atoms with Gasteiger partial charge in [0, 0.05) is 11.5 Å². The fraction of sp³-hybridized carbons (Fsp3) is 0.280. The number of rotatable bonds is 8. The molecule has 2 aromatic carbocycles. The second kappa shape index (κ2) is 10.4. The lowest BCUT2D eigenvalue weighted by Gasteiger charge is -2.18. The number of aromatic nitrogens is 4. The average molecular weight is 525 g/mol. The van der Waals surface area contributed by atoms with E-state index in [9.17, 15) is 14.3 Å². The minimum Gasteiger partial charge on any atom is -0.424 e. The number of nitrogens with one attached hydrogen (secondary N) is 1. The molecule has 5 unspecified atom stereocenters. The summed E-state index contributed by atoms with van der Waals surface area (Å²) >= 11 is 0. The molecule has 5 rings (SSSR count). The van der Waals surface area contributed by atoms with Gasteiger partial charge in [-0.05, 0) is 30.7 Å². The number of halogens is 1. The van der Waals surface area contributed by atoms with E-state index in [4.69, 9.17) is 9.26 Å². The molecule has 1 amide bonds. The molecule has 0 radical (unpaired) electrons. The molecule has 10 nitrogen and oxygen atoms in total. The van der Waals surface area contributed by atoms with Crippen molar-refractivity contribution in [2.45, 2.75) is 31.8 Å². The van der Waals surface area contributed by atoms with Crippen LogP contribution < -0.4 is 9.84 Å². The van der Waals surface area contributed by atoms with Crippen LogP contribution in [-0.4, -0.2) is 48.8 Å². The summed E-state index contributed by atoms with van der Waals surface area (Å²) in [5, 5.41) is 2.72. The summed E-state index contributed by atoms with van der Waals surface area (Å²) in [6, 6.07) is 17.0. The van der Waals surface area contributed by atoms with Gasteiger partial charge in [-0.1, -0.05) is 43.3 Å². The second-order valence-electron chi connectivity index (χ2n) is 8.79. The number of alkyl halides is 1. The molecule has 1 saturated heterocycles. The minimum absolute atomic E-state index is 0.124. The Bertz CT molecular complexity index is 1440. The van der Waals surface area contributed by atoms with E-state index in [0.29, 0.717) is 11.2 Å². The summed E-state index contributed by atoms with van der Waals surface area (Å²) in [4.78, 5) is 35.5. The molecule has 0 bridgehead atoms.